The van der Waals surface area contributed by atoms with Gasteiger partial charge >= 0.3 is 5.97 Å². The molecule has 1 fully saturated rings. The van der Waals surface area contributed by atoms with Crippen LogP contribution in [0.1, 0.15) is 24.4 Å². The molecule has 1 aliphatic rings. The average molecular weight is 278 g/mol. The van der Waals surface area contributed by atoms with Gasteiger partial charge in [0.1, 0.15) is 5.75 Å². The van der Waals surface area contributed by atoms with Gasteiger partial charge in [0.25, 0.3) is 0 Å². The molecule has 2 unspecified atom stereocenters. The van der Waals surface area contributed by atoms with Gasteiger partial charge in [0.15, 0.2) is 0 Å². The topological polar surface area (TPSA) is 92.9 Å². The van der Waals surface area contributed by atoms with E-state index in [9.17, 15) is 9.59 Å². The fourth-order valence-corrected chi connectivity index (χ4v) is 2.48. The molecule has 6 heteroatoms. The Labute approximate surface area is 117 Å². The molecule has 0 radical (unpaired) electrons. The molecule has 2 rings (SSSR count). The molecule has 0 saturated carbocycles. The van der Waals surface area contributed by atoms with Crippen LogP contribution < -0.4 is 10.5 Å². The van der Waals surface area contributed by atoms with Gasteiger partial charge in [-0.3, -0.25) is 9.59 Å². The van der Waals surface area contributed by atoms with Gasteiger partial charge in [-0.25, -0.2) is 0 Å². The molecule has 1 saturated heterocycles. The van der Waals surface area contributed by atoms with Crippen molar-refractivity contribution >= 4 is 11.9 Å². The SMILES string of the molecule is COc1cccc(C(CC(=O)O)N2CC(N)CC2=O)c1. The number of ether oxygens (including phenoxy) is 1. The maximum absolute atomic E-state index is 12.0. The zero-order valence-corrected chi connectivity index (χ0v) is 11.3. The number of carboxylic acid groups (broad SMARTS) is 1. The van der Waals surface area contributed by atoms with Crippen LogP contribution >= 0.6 is 0 Å². The normalized spacial score (nSPS) is 20.0. The van der Waals surface area contributed by atoms with E-state index in [-0.39, 0.29) is 24.8 Å². The molecule has 1 aliphatic heterocycles. The number of nitrogens with two attached hydrogens (primary N) is 1. The number of hydrogen-bond acceptors (Lipinski definition) is 4. The molecule has 0 aliphatic carbocycles. The number of nitrogens with zero attached hydrogens (tertiary/aromatic N) is 1. The maximum Gasteiger partial charge on any atom is 0.305 e. The summed E-state index contributed by atoms with van der Waals surface area (Å²) >= 11 is 0. The fourth-order valence-electron chi connectivity index (χ4n) is 2.48. The van der Waals surface area contributed by atoms with Crippen molar-refractivity contribution in [2.24, 2.45) is 5.73 Å². The van der Waals surface area contributed by atoms with Gasteiger partial charge in [0.2, 0.25) is 5.91 Å². The summed E-state index contributed by atoms with van der Waals surface area (Å²) in [6.07, 6.45) is 0.117. The highest BCUT2D eigenvalue weighted by Crippen LogP contribution is 2.30. The smallest absolute Gasteiger partial charge is 0.305 e. The Balaban J connectivity index is 2.31. The molecule has 1 heterocycles. The van der Waals surface area contributed by atoms with Crippen LogP contribution in [0.15, 0.2) is 24.3 Å². The third-order valence-corrected chi connectivity index (χ3v) is 3.41. The number of aliphatic carboxylic acids is 1. The van der Waals surface area contributed by atoms with E-state index >= 15 is 0 Å². The van der Waals surface area contributed by atoms with Crippen molar-refractivity contribution in [3.8, 4) is 5.75 Å². The Morgan fingerprint density at radius 3 is 2.90 bits per heavy atom. The first-order chi connectivity index (χ1) is 9.51. The van der Waals surface area contributed by atoms with Crippen LogP contribution in [0.3, 0.4) is 0 Å². The lowest BCUT2D eigenvalue weighted by molar-refractivity contribution is -0.139. The molecule has 6 nitrogen and oxygen atoms in total. The van der Waals surface area contributed by atoms with Crippen molar-refractivity contribution < 1.29 is 19.4 Å². The summed E-state index contributed by atoms with van der Waals surface area (Å²) in [6.45, 7) is 0.383. The fraction of sp³-hybridized carbons (Fsp3) is 0.429. The first-order valence-electron chi connectivity index (χ1n) is 6.42. The van der Waals surface area contributed by atoms with Crippen molar-refractivity contribution in [3.63, 3.8) is 0 Å². The van der Waals surface area contributed by atoms with Gasteiger partial charge in [-0.2, -0.15) is 0 Å². The minimum atomic E-state index is -0.953. The van der Waals surface area contributed by atoms with Crippen LogP contribution in [0.4, 0.5) is 0 Å². The van der Waals surface area contributed by atoms with E-state index in [4.69, 9.17) is 15.6 Å². The van der Waals surface area contributed by atoms with Crippen LogP contribution in [0.5, 0.6) is 5.75 Å². The quantitative estimate of drug-likeness (QED) is 0.830. The Hall–Kier alpha value is -2.08. The van der Waals surface area contributed by atoms with Crippen LogP contribution in [-0.2, 0) is 9.59 Å². The Morgan fingerprint density at radius 2 is 2.35 bits per heavy atom. The summed E-state index contributed by atoms with van der Waals surface area (Å²) in [7, 11) is 1.54. The van der Waals surface area contributed by atoms with Crippen molar-refractivity contribution in [1.29, 1.82) is 0 Å². The lowest BCUT2D eigenvalue weighted by atomic mass is 10.0. The highest BCUT2D eigenvalue weighted by molar-refractivity contribution is 5.80. The minimum Gasteiger partial charge on any atom is -0.497 e. The summed E-state index contributed by atoms with van der Waals surface area (Å²) in [6, 6.07) is 6.37. The van der Waals surface area contributed by atoms with Crippen molar-refractivity contribution in [1.82, 2.24) is 4.90 Å². The van der Waals surface area contributed by atoms with Gasteiger partial charge < -0.3 is 20.5 Å². The third-order valence-electron chi connectivity index (χ3n) is 3.41. The van der Waals surface area contributed by atoms with Gasteiger partial charge in [0, 0.05) is 19.0 Å². The van der Waals surface area contributed by atoms with Crippen LogP contribution in [0.2, 0.25) is 0 Å². The van der Waals surface area contributed by atoms with E-state index in [0.717, 1.165) is 5.56 Å². The van der Waals surface area contributed by atoms with E-state index in [2.05, 4.69) is 0 Å². The highest BCUT2D eigenvalue weighted by atomic mass is 16.5. The Kier molecular flexibility index (Phi) is 4.24. The number of amides is 1. The summed E-state index contributed by atoms with van der Waals surface area (Å²) in [5.41, 5.74) is 6.53. The molecule has 0 aromatic heterocycles. The van der Waals surface area contributed by atoms with Crippen LogP contribution in [0.25, 0.3) is 0 Å². The van der Waals surface area contributed by atoms with E-state index in [1.807, 2.05) is 0 Å². The molecule has 1 aromatic rings. The largest absolute Gasteiger partial charge is 0.497 e. The van der Waals surface area contributed by atoms with Crippen molar-refractivity contribution in [2.45, 2.75) is 24.9 Å². The molecule has 108 valence electrons. The zero-order chi connectivity index (χ0) is 14.7. The predicted octanol–water partition coefficient (Wildman–Crippen LogP) is 0.771. The summed E-state index contributed by atoms with van der Waals surface area (Å²) in [4.78, 5) is 24.6. The number of carbonyl (C=O) groups excluding carboxylic acids is 1. The van der Waals surface area contributed by atoms with E-state index in [1.54, 1.807) is 36.3 Å². The average Bonchev–Trinajstić information content (AvgIpc) is 2.74. The zero-order valence-electron chi connectivity index (χ0n) is 11.3. The number of rotatable bonds is 5. The lowest BCUT2D eigenvalue weighted by Gasteiger charge is -2.27. The van der Waals surface area contributed by atoms with Gasteiger partial charge in [0.05, 0.1) is 19.6 Å². The first-order valence-corrected chi connectivity index (χ1v) is 6.42. The molecule has 2 atom stereocenters. The molecule has 20 heavy (non-hydrogen) atoms. The van der Waals surface area contributed by atoms with E-state index < -0.39 is 12.0 Å². The second kappa shape index (κ2) is 5.92. The number of likely N-dealkylation sites (tertiary alicyclic amines) is 1. The van der Waals surface area contributed by atoms with E-state index in [1.165, 1.54) is 0 Å². The van der Waals surface area contributed by atoms with Gasteiger partial charge in [-0.1, -0.05) is 12.1 Å². The van der Waals surface area contributed by atoms with E-state index in [0.29, 0.717) is 12.3 Å². The molecular weight excluding hydrogens is 260 g/mol. The molecule has 0 spiro atoms. The number of carbonyl (C=O) groups is 2. The third kappa shape index (κ3) is 3.08. The highest BCUT2D eigenvalue weighted by Gasteiger charge is 2.34. The standard InChI is InChI=1S/C14H18N2O4/c1-20-11-4-2-3-9(5-11)12(7-14(18)19)16-8-10(15)6-13(16)17/h2-5,10,12H,6-8,15H2,1H3,(H,18,19). The van der Waals surface area contributed by atoms with Gasteiger partial charge in [-0.05, 0) is 17.7 Å². The lowest BCUT2D eigenvalue weighted by Crippen LogP contribution is -2.33. The number of carboxylic acids is 1. The minimum absolute atomic E-state index is 0.105. The monoisotopic (exact) mass is 278 g/mol. The number of hydrogen-bond donors (Lipinski definition) is 2. The maximum atomic E-state index is 12.0. The van der Waals surface area contributed by atoms with Crippen molar-refractivity contribution in [2.75, 3.05) is 13.7 Å². The first kappa shape index (κ1) is 14.3. The number of methoxy groups -OCH3 is 1. The van der Waals surface area contributed by atoms with Crippen LogP contribution in [-0.4, -0.2) is 41.6 Å². The summed E-state index contributed by atoms with van der Waals surface area (Å²) in [5.74, 6) is -0.425. The Bertz CT molecular complexity index is 518. The predicted molar refractivity (Wildman–Crippen MR) is 72.3 cm³/mol. The molecule has 1 aromatic carbocycles. The summed E-state index contributed by atoms with van der Waals surface area (Å²) < 4.78 is 5.15. The van der Waals surface area contributed by atoms with Gasteiger partial charge in [-0.15, -0.1) is 0 Å². The molecule has 0 bridgehead atoms. The molecule has 1 amide bonds. The van der Waals surface area contributed by atoms with Crippen molar-refractivity contribution in [3.05, 3.63) is 29.8 Å². The second-order valence-electron chi connectivity index (χ2n) is 4.90. The van der Waals surface area contributed by atoms with Crippen LogP contribution in [0, 0.1) is 0 Å². The summed E-state index contributed by atoms with van der Waals surface area (Å²) in [5, 5.41) is 9.08. The second-order valence-corrected chi connectivity index (χ2v) is 4.90. The molecule has 3 N–H and O–H groups in total. The molecular formula is C14H18N2O4. The number of benzene rings is 1. The Morgan fingerprint density at radius 1 is 1.60 bits per heavy atom.